The van der Waals surface area contributed by atoms with Crippen molar-refractivity contribution in [2.24, 2.45) is 0 Å². The van der Waals surface area contributed by atoms with Crippen molar-refractivity contribution in [1.82, 2.24) is 9.78 Å². The molecular weight excluding hydrogens is 252 g/mol. The van der Waals surface area contributed by atoms with Gasteiger partial charge in [-0.3, -0.25) is 0 Å². The predicted octanol–water partition coefficient (Wildman–Crippen LogP) is 2.67. The molecule has 18 heavy (non-hydrogen) atoms. The number of anilines is 2. The molecule has 1 aromatic heterocycles. The lowest BCUT2D eigenvalue weighted by Gasteiger charge is -2.18. The number of alkyl halides is 4. The summed E-state index contributed by atoms with van der Waals surface area (Å²) in [5, 5.41) is 6.30. The molecule has 0 fully saturated rings. The molecular formula is C10H16F4N4. The zero-order valence-electron chi connectivity index (χ0n) is 10.3. The van der Waals surface area contributed by atoms with Crippen LogP contribution in [-0.2, 0) is 0 Å². The molecule has 0 atom stereocenters. The third-order valence-corrected chi connectivity index (χ3v) is 2.43. The molecule has 0 saturated heterocycles. The van der Waals surface area contributed by atoms with E-state index in [0.29, 0.717) is 5.69 Å². The fraction of sp³-hybridized carbons (Fsp3) is 0.700. The number of aromatic nitrogens is 2. The standard InChI is InChI=1S/C10H16F4N4/c1-5(2)18-8(7(15)6(3)17-18)16-4-10(13,14)9(11)12/h5,9,16H,4,15H2,1-3H3. The maximum Gasteiger partial charge on any atom is 0.324 e. The lowest BCUT2D eigenvalue weighted by Crippen LogP contribution is -2.35. The molecule has 0 amide bonds. The molecule has 8 heteroatoms. The Kier molecular flexibility index (Phi) is 4.08. The van der Waals surface area contributed by atoms with E-state index in [1.165, 1.54) is 4.68 Å². The Morgan fingerprint density at radius 3 is 2.39 bits per heavy atom. The van der Waals surface area contributed by atoms with Crippen LogP contribution in [0, 0.1) is 6.92 Å². The third-order valence-electron chi connectivity index (χ3n) is 2.43. The van der Waals surface area contributed by atoms with E-state index in [1.54, 1.807) is 20.8 Å². The summed E-state index contributed by atoms with van der Waals surface area (Å²) < 4.78 is 51.1. The van der Waals surface area contributed by atoms with E-state index < -0.39 is 18.9 Å². The minimum absolute atomic E-state index is 0.122. The first-order valence-corrected chi connectivity index (χ1v) is 5.41. The minimum Gasteiger partial charge on any atom is -0.394 e. The molecule has 0 aliphatic carbocycles. The van der Waals surface area contributed by atoms with Gasteiger partial charge in [-0.05, 0) is 20.8 Å². The number of hydrogen-bond acceptors (Lipinski definition) is 3. The van der Waals surface area contributed by atoms with Gasteiger partial charge in [-0.2, -0.15) is 13.9 Å². The molecule has 0 aromatic carbocycles. The highest BCUT2D eigenvalue weighted by Gasteiger charge is 2.40. The van der Waals surface area contributed by atoms with Crippen molar-refractivity contribution in [3.63, 3.8) is 0 Å². The molecule has 0 radical (unpaired) electrons. The second-order valence-electron chi connectivity index (χ2n) is 4.30. The molecule has 0 spiro atoms. The average Bonchev–Trinajstić information content (AvgIpc) is 2.53. The third kappa shape index (κ3) is 2.85. The maximum atomic E-state index is 12.8. The van der Waals surface area contributed by atoms with Crippen molar-refractivity contribution < 1.29 is 17.6 Å². The van der Waals surface area contributed by atoms with Crippen LogP contribution in [0.5, 0.6) is 0 Å². The number of nitrogen functional groups attached to an aromatic ring is 1. The highest BCUT2D eigenvalue weighted by molar-refractivity contribution is 5.65. The number of nitrogens with zero attached hydrogens (tertiary/aromatic N) is 2. The van der Waals surface area contributed by atoms with Gasteiger partial charge >= 0.3 is 12.3 Å². The van der Waals surface area contributed by atoms with Crippen LogP contribution in [0.3, 0.4) is 0 Å². The van der Waals surface area contributed by atoms with Gasteiger partial charge in [0.15, 0.2) is 0 Å². The van der Waals surface area contributed by atoms with Gasteiger partial charge < -0.3 is 11.1 Å². The molecule has 4 nitrogen and oxygen atoms in total. The van der Waals surface area contributed by atoms with Crippen LogP contribution in [0.25, 0.3) is 0 Å². The van der Waals surface area contributed by atoms with Gasteiger partial charge in [0.1, 0.15) is 5.82 Å². The van der Waals surface area contributed by atoms with Gasteiger partial charge in [0.25, 0.3) is 0 Å². The second kappa shape index (κ2) is 5.03. The van der Waals surface area contributed by atoms with Crippen molar-refractivity contribution in [2.75, 3.05) is 17.6 Å². The molecule has 0 aliphatic rings. The summed E-state index contributed by atoms with van der Waals surface area (Å²) in [6.45, 7) is 3.99. The largest absolute Gasteiger partial charge is 0.394 e. The van der Waals surface area contributed by atoms with Crippen molar-refractivity contribution in [2.45, 2.75) is 39.2 Å². The van der Waals surface area contributed by atoms with Crippen LogP contribution in [-0.4, -0.2) is 28.7 Å². The summed E-state index contributed by atoms with van der Waals surface area (Å²) in [6, 6.07) is -0.122. The van der Waals surface area contributed by atoms with Crippen LogP contribution >= 0.6 is 0 Å². The van der Waals surface area contributed by atoms with E-state index in [2.05, 4.69) is 10.4 Å². The van der Waals surface area contributed by atoms with Gasteiger partial charge in [-0.25, -0.2) is 13.5 Å². The van der Waals surface area contributed by atoms with Gasteiger partial charge in [0, 0.05) is 6.04 Å². The number of hydrogen-bond donors (Lipinski definition) is 2. The summed E-state index contributed by atoms with van der Waals surface area (Å²) in [5.41, 5.74) is 6.32. The van der Waals surface area contributed by atoms with Crippen LogP contribution in [0.15, 0.2) is 0 Å². The average molecular weight is 268 g/mol. The molecule has 0 aliphatic heterocycles. The van der Waals surface area contributed by atoms with E-state index in [1.807, 2.05) is 0 Å². The van der Waals surface area contributed by atoms with E-state index in [9.17, 15) is 17.6 Å². The Bertz CT molecular complexity index is 414. The van der Waals surface area contributed by atoms with E-state index >= 15 is 0 Å². The number of nitrogens with two attached hydrogens (primary N) is 1. The molecule has 1 rings (SSSR count). The molecule has 0 bridgehead atoms. The second-order valence-corrected chi connectivity index (χ2v) is 4.30. The first-order chi connectivity index (χ1) is 8.16. The van der Waals surface area contributed by atoms with Crippen molar-refractivity contribution >= 4 is 11.5 Å². The Balaban J connectivity index is 2.91. The fourth-order valence-corrected chi connectivity index (χ4v) is 1.39. The van der Waals surface area contributed by atoms with E-state index in [0.717, 1.165) is 0 Å². The van der Waals surface area contributed by atoms with E-state index in [4.69, 9.17) is 5.73 Å². The molecule has 3 N–H and O–H groups in total. The minimum atomic E-state index is -4.10. The SMILES string of the molecule is Cc1nn(C(C)C)c(NCC(F)(F)C(F)F)c1N. The fourth-order valence-electron chi connectivity index (χ4n) is 1.39. The highest BCUT2D eigenvalue weighted by Crippen LogP contribution is 2.28. The Labute approximate surface area is 102 Å². The molecule has 1 heterocycles. The summed E-state index contributed by atoms with van der Waals surface area (Å²) in [6.07, 6.45) is -3.72. The number of aryl methyl sites for hydroxylation is 1. The molecule has 0 saturated carbocycles. The molecule has 104 valence electrons. The first kappa shape index (κ1) is 14.6. The van der Waals surface area contributed by atoms with Crippen LogP contribution in [0.1, 0.15) is 25.6 Å². The smallest absolute Gasteiger partial charge is 0.324 e. The molecule has 1 aromatic rings. The first-order valence-electron chi connectivity index (χ1n) is 5.41. The summed E-state index contributed by atoms with van der Waals surface area (Å²) in [4.78, 5) is 0. The van der Waals surface area contributed by atoms with Gasteiger partial charge in [0.2, 0.25) is 0 Å². The van der Waals surface area contributed by atoms with Crippen molar-refractivity contribution in [1.29, 1.82) is 0 Å². The zero-order chi connectivity index (χ0) is 14.1. The number of halogens is 4. The lowest BCUT2D eigenvalue weighted by atomic mass is 10.3. The van der Waals surface area contributed by atoms with Crippen molar-refractivity contribution in [3.05, 3.63) is 5.69 Å². The number of rotatable bonds is 5. The zero-order valence-corrected chi connectivity index (χ0v) is 10.3. The monoisotopic (exact) mass is 268 g/mol. The van der Waals surface area contributed by atoms with Crippen molar-refractivity contribution in [3.8, 4) is 0 Å². The lowest BCUT2D eigenvalue weighted by molar-refractivity contribution is -0.117. The Morgan fingerprint density at radius 1 is 1.39 bits per heavy atom. The van der Waals surface area contributed by atoms with Gasteiger partial charge in [-0.15, -0.1) is 0 Å². The summed E-state index contributed by atoms with van der Waals surface area (Å²) >= 11 is 0. The van der Waals surface area contributed by atoms with Gasteiger partial charge in [0.05, 0.1) is 17.9 Å². The summed E-state index contributed by atoms with van der Waals surface area (Å²) in [7, 11) is 0. The normalized spacial score (nSPS) is 12.5. The van der Waals surface area contributed by atoms with Crippen LogP contribution in [0.4, 0.5) is 29.1 Å². The number of nitrogens with one attached hydrogen (secondary N) is 1. The maximum absolute atomic E-state index is 12.8. The van der Waals surface area contributed by atoms with Crippen LogP contribution < -0.4 is 11.1 Å². The predicted molar refractivity (Wildman–Crippen MR) is 61.2 cm³/mol. The molecule has 0 unspecified atom stereocenters. The Morgan fingerprint density at radius 2 is 1.94 bits per heavy atom. The van der Waals surface area contributed by atoms with E-state index in [-0.39, 0.29) is 17.5 Å². The quantitative estimate of drug-likeness (QED) is 0.807. The topological polar surface area (TPSA) is 55.9 Å². The van der Waals surface area contributed by atoms with Crippen LogP contribution in [0.2, 0.25) is 0 Å². The van der Waals surface area contributed by atoms with Gasteiger partial charge in [-0.1, -0.05) is 0 Å². The Hall–Kier alpha value is -1.47. The highest BCUT2D eigenvalue weighted by atomic mass is 19.3. The summed E-state index contributed by atoms with van der Waals surface area (Å²) in [5.74, 6) is -3.96.